The molecule has 0 amide bonds. The molecule has 2 heteroatoms. The SMILES string of the molecule is CCC(C)(C)CN1CCCC1=N. The number of nitrogens with zero attached hydrogens (tertiary/aromatic N) is 1. The van der Waals surface area contributed by atoms with Crippen molar-refractivity contribution in [1.29, 1.82) is 5.41 Å². The Hall–Kier alpha value is -0.530. The molecule has 0 aromatic carbocycles. The van der Waals surface area contributed by atoms with Crippen molar-refractivity contribution < 1.29 is 0 Å². The van der Waals surface area contributed by atoms with Crippen molar-refractivity contribution in [1.82, 2.24) is 4.90 Å². The van der Waals surface area contributed by atoms with Crippen LogP contribution in [0.25, 0.3) is 0 Å². The summed E-state index contributed by atoms with van der Waals surface area (Å²) < 4.78 is 0. The highest BCUT2D eigenvalue weighted by Gasteiger charge is 2.24. The average Bonchev–Trinajstić information content (AvgIpc) is 2.36. The number of nitrogens with one attached hydrogen (secondary N) is 1. The van der Waals surface area contributed by atoms with Gasteiger partial charge in [0.1, 0.15) is 0 Å². The van der Waals surface area contributed by atoms with Crippen LogP contribution in [0.1, 0.15) is 40.0 Å². The number of amidine groups is 1. The van der Waals surface area contributed by atoms with Crippen molar-refractivity contribution in [3.63, 3.8) is 0 Å². The summed E-state index contributed by atoms with van der Waals surface area (Å²) in [5, 5.41) is 7.69. The van der Waals surface area contributed by atoms with Crippen molar-refractivity contribution >= 4 is 5.84 Å². The molecule has 0 unspecified atom stereocenters. The van der Waals surface area contributed by atoms with Crippen molar-refractivity contribution in [2.24, 2.45) is 5.41 Å². The fourth-order valence-corrected chi connectivity index (χ4v) is 1.53. The third-order valence-corrected chi connectivity index (χ3v) is 2.80. The molecule has 0 saturated carbocycles. The highest BCUT2D eigenvalue weighted by molar-refractivity contribution is 5.80. The van der Waals surface area contributed by atoms with Crippen LogP contribution in [0.4, 0.5) is 0 Å². The van der Waals surface area contributed by atoms with E-state index >= 15 is 0 Å². The normalized spacial score (nSPS) is 18.9. The zero-order chi connectivity index (χ0) is 9.19. The van der Waals surface area contributed by atoms with Crippen LogP contribution in [0, 0.1) is 10.8 Å². The summed E-state index contributed by atoms with van der Waals surface area (Å²) in [6, 6.07) is 0. The smallest absolute Gasteiger partial charge is 0.0958 e. The van der Waals surface area contributed by atoms with Gasteiger partial charge in [0, 0.05) is 19.5 Å². The number of hydrogen-bond donors (Lipinski definition) is 1. The molecule has 12 heavy (non-hydrogen) atoms. The molecular weight excluding hydrogens is 148 g/mol. The van der Waals surface area contributed by atoms with Crippen LogP contribution in [0.3, 0.4) is 0 Å². The molecule has 0 radical (unpaired) electrons. The minimum atomic E-state index is 0.372. The molecule has 0 aromatic heterocycles. The Kier molecular flexibility index (Phi) is 2.76. The fourth-order valence-electron chi connectivity index (χ4n) is 1.53. The minimum absolute atomic E-state index is 0.372. The van der Waals surface area contributed by atoms with E-state index in [-0.39, 0.29) is 0 Å². The van der Waals surface area contributed by atoms with E-state index in [1.54, 1.807) is 0 Å². The van der Waals surface area contributed by atoms with E-state index in [0.717, 1.165) is 25.3 Å². The Balaban J connectivity index is 2.45. The van der Waals surface area contributed by atoms with Crippen LogP contribution in [-0.4, -0.2) is 23.8 Å². The zero-order valence-electron chi connectivity index (χ0n) is 8.48. The van der Waals surface area contributed by atoms with Crippen molar-refractivity contribution in [2.45, 2.75) is 40.0 Å². The first-order valence-corrected chi connectivity index (χ1v) is 4.87. The van der Waals surface area contributed by atoms with Gasteiger partial charge in [0.05, 0.1) is 5.84 Å². The van der Waals surface area contributed by atoms with Gasteiger partial charge in [-0.2, -0.15) is 0 Å². The number of rotatable bonds is 3. The van der Waals surface area contributed by atoms with Crippen LogP contribution in [0.15, 0.2) is 0 Å². The summed E-state index contributed by atoms with van der Waals surface area (Å²) in [6.07, 6.45) is 3.36. The van der Waals surface area contributed by atoms with Crippen molar-refractivity contribution in [3.8, 4) is 0 Å². The van der Waals surface area contributed by atoms with E-state index in [2.05, 4.69) is 25.7 Å². The Morgan fingerprint density at radius 1 is 1.50 bits per heavy atom. The molecule has 1 saturated heterocycles. The predicted octanol–water partition coefficient (Wildman–Crippen LogP) is 2.50. The lowest BCUT2D eigenvalue weighted by Crippen LogP contribution is -2.34. The molecule has 1 aliphatic heterocycles. The lowest BCUT2D eigenvalue weighted by Gasteiger charge is -2.30. The number of likely N-dealkylation sites (tertiary alicyclic amines) is 1. The lowest BCUT2D eigenvalue weighted by molar-refractivity contribution is 0.254. The molecule has 70 valence electrons. The molecule has 2 nitrogen and oxygen atoms in total. The summed E-state index contributed by atoms with van der Waals surface area (Å²) in [6.45, 7) is 8.93. The molecule has 1 fully saturated rings. The van der Waals surface area contributed by atoms with Crippen LogP contribution >= 0.6 is 0 Å². The molecule has 1 heterocycles. The first-order chi connectivity index (χ1) is 5.55. The van der Waals surface area contributed by atoms with E-state index < -0.39 is 0 Å². The standard InChI is InChI=1S/C10H20N2/c1-4-10(2,3)8-12-7-5-6-9(12)11/h11H,4-8H2,1-3H3. The van der Waals surface area contributed by atoms with Crippen LogP contribution in [0.2, 0.25) is 0 Å². The van der Waals surface area contributed by atoms with E-state index in [4.69, 9.17) is 5.41 Å². The molecular formula is C10H20N2. The summed E-state index contributed by atoms with van der Waals surface area (Å²) >= 11 is 0. The van der Waals surface area contributed by atoms with E-state index in [0.29, 0.717) is 5.41 Å². The first kappa shape index (κ1) is 9.56. The van der Waals surface area contributed by atoms with Crippen LogP contribution in [-0.2, 0) is 0 Å². The maximum absolute atomic E-state index is 7.69. The van der Waals surface area contributed by atoms with Crippen molar-refractivity contribution in [2.75, 3.05) is 13.1 Å². The highest BCUT2D eigenvalue weighted by atomic mass is 15.2. The predicted molar refractivity (Wildman–Crippen MR) is 52.6 cm³/mol. The molecule has 1 N–H and O–H groups in total. The third-order valence-electron chi connectivity index (χ3n) is 2.80. The Morgan fingerprint density at radius 3 is 2.58 bits per heavy atom. The van der Waals surface area contributed by atoms with Gasteiger partial charge >= 0.3 is 0 Å². The van der Waals surface area contributed by atoms with Crippen LogP contribution < -0.4 is 0 Å². The van der Waals surface area contributed by atoms with Crippen LogP contribution in [0.5, 0.6) is 0 Å². The van der Waals surface area contributed by atoms with Gasteiger partial charge in [-0.25, -0.2) is 0 Å². The van der Waals surface area contributed by atoms with Gasteiger partial charge in [0.2, 0.25) is 0 Å². The second-order valence-corrected chi connectivity index (χ2v) is 4.49. The van der Waals surface area contributed by atoms with E-state index in [9.17, 15) is 0 Å². The molecule has 0 aliphatic carbocycles. The van der Waals surface area contributed by atoms with Gasteiger partial charge in [-0.1, -0.05) is 20.8 Å². The maximum Gasteiger partial charge on any atom is 0.0958 e. The van der Waals surface area contributed by atoms with E-state index in [1.807, 2.05) is 0 Å². The second-order valence-electron chi connectivity index (χ2n) is 4.49. The minimum Gasteiger partial charge on any atom is -0.360 e. The molecule has 0 bridgehead atoms. The maximum atomic E-state index is 7.69. The quantitative estimate of drug-likeness (QED) is 0.688. The monoisotopic (exact) mass is 168 g/mol. The topological polar surface area (TPSA) is 27.1 Å². The molecule has 0 atom stereocenters. The Morgan fingerprint density at radius 2 is 2.17 bits per heavy atom. The van der Waals surface area contributed by atoms with Gasteiger partial charge in [-0.15, -0.1) is 0 Å². The largest absolute Gasteiger partial charge is 0.360 e. The summed E-state index contributed by atoms with van der Waals surface area (Å²) in [4.78, 5) is 2.23. The highest BCUT2D eigenvalue weighted by Crippen LogP contribution is 2.23. The van der Waals surface area contributed by atoms with Gasteiger partial charge in [-0.05, 0) is 18.3 Å². The Bertz CT molecular complexity index is 173. The third kappa shape index (κ3) is 2.23. The van der Waals surface area contributed by atoms with Gasteiger partial charge < -0.3 is 4.90 Å². The average molecular weight is 168 g/mol. The van der Waals surface area contributed by atoms with Gasteiger partial charge in [-0.3, -0.25) is 5.41 Å². The van der Waals surface area contributed by atoms with E-state index in [1.165, 1.54) is 12.8 Å². The zero-order valence-corrected chi connectivity index (χ0v) is 8.48. The first-order valence-electron chi connectivity index (χ1n) is 4.87. The second kappa shape index (κ2) is 3.46. The van der Waals surface area contributed by atoms with Gasteiger partial charge in [0.15, 0.2) is 0 Å². The Labute approximate surface area is 75.5 Å². The number of hydrogen-bond acceptors (Lipinski definition) is 1. The molecule has 1 aliphatic rings. The van der Waals surface area contributed by atoms with Gasteiger partial charge in [0.25, 0.3) is 0 Å². The fraction of sp³-hybridized carbons (Fsp3) is 0.900. The lowest BCUT2D eigenvalue weighted by atomic mass is 9.90. The van der Waals surface area contributed by atoms with Crippen molar-refractivity contribution in [3.05, 3.63) is 0 Å². The molecule has 0 spiro atoms. The summed E-state index contributed by atoms with van der Waals surface area (Å²) in [5.74, 6) is 0.844. The summed E-state index contributed by atoms with van der Waals surface area (Å²) in [5.41, 5.74) is 0.372. The summed E-state index contributed by atoms with van der Waals surface area (Å²) in [7, 11) is 0. The molecule has 1 rings (SSSR count). The molecule has 0 aromatic rings.